The van der Waals surface area contributed by atoms with Crippen molar-refractivity contribution in [1.82, 2.24) is 10.2 Å². The highest BCUT2D eigenvalue weighted by molar-refractivity contribution is 5.96. The third-order valence-corrected chi connectivity index (χ3v) is 7.22. The lowest BCUT2D eigenvalue weighted by atomic mass is 9.77. The number of ether oxygens (including phenoxy) is 2. The number of nitrogens with one attached hydrogen (secondary N) is 1. The number of fused-ring (bicyclic) bond motifs is 3. The van der Waals surface area contributed by atoms with Gasteiger partial charge in [-0.15, -0.1) is 0 Å². The first kappa shape index (κ1) is 25.7. The van der Waals surface area contributed by atoms with Crippen molar-refractivity contribution >= 4 is 11.8 Å². The molecule has 192 valence electrons. The molecule has 35 heavy (non-hydrogen) atoms. The van der Waals surface area contributed by atoms with E-state index in [4.69, 9.17) is 9.47 Å². The summed E-state index contributed by atoms with van der Waals surface area (Å²) in [4.78, 5) is 28.6. The standard InChI is InChI=1S/C27H38N2O6/c1-17(2)34-15-7-13-29(27(33)18-8-3-4-9-18)21-16-20(26(32)28-12-14-30)23-19-10-5-6-11-22(19)35-25(23)24(21)31/h5-6,10-11,16-18,21,23-25,30-31H,3-4,7-9,12-15H2,1-2H3,(H,28,32)/t21-,23+,24+,25+/m1/s1. The Bertz CT molecular complexity index is 926. The number of para-hydroxylation sites is 1. The Kier molecular flexibility index (Phi) is 8.46. The van der Waals surface area contributed by atoms with Gasteiger partial charge in [0.25, 0.3) is 0 Å². The second-order valence-electron chi connectivity index (χ2n) is 9.97. The molecule has 4 rings (SSSR count). The van der Waals surface area contributed by atoms with Gasteiger partial charge in [-0.25, -0.2) is 0 Å². The van der Waals surface area contributed by atoms with Crippen LogP contribution >= 0.6 is 0 Å². The van der Waals surface area contributed by atoms with E-state index in [-0.39, 0.29) is 37.0 Å². The predicted molar refractivity (Wildman–Crippen MR) is 131 cm³/mol. The fraction of sp³-hybridized carbons (Fsp3) is 0.630. The molecule has 8 heteroatoms. The quantitative estimate of drug-likeness (QED) is 0.438. The van der Waals surface area contributed by atoms with Crippen molar-refractivity contribution in [3.63, 3.8) is 0 Å². The predicted octanol–water partition coefficient (Wildman–Crippen LogP) is 2.14. The van der Waals surface area contributed by atoms with E-state index in [1.807, 2.05) is 38.1 Å². The fourth-order valence-corrected chi connectivity index (χ4v) is 5.56. The zero-order valence-corrected chi connectivity index (χ0v) is 20.7. The van der Waals surface area contributed by atoms with Crippen molar-refractivity contribution in [3.8, 4) is 5.75 Å². The van der Waals surface area contributed by atoms with E-state index < -0.39 is 24.2 Å². The van der Waals surface area contributed by atoms with E-state index in [1.165, 1.54) is 0 Å². The molecule has 1 aromatic rings. The first-order valence-electron chi connectivity index (χ1n) is 12.9. The minimum absolute atomic E-state index is 0.0245. The third kappa shape index (κ3) is 5.55. The fourth-order valence-electron chi connectivity index (χ4n) is 5.56. The van der Waals surface area contributed by atoms with Crippen LogP contribution in [0.4, 0.5) is 0 Å². The van der Waals surface area contributed by atoms with E-state index in [9.17, 15) is 19.8 Å². The lowest BCUT2D eigenvalue weighted by Crippen LogP contribution is -2.57. The second-order valence-corrected chi connectivity index (χ2v) is 9.97. The summed E-state index contributed by atoms with van der Waals surface area (Å²) >= 11 is 0. The number of benzene rings is 1. The van der Waals surface area contributed by atoms with Crippen molar-refractivity contribution < 1.29 is 29.3 Å². The van der Waals surface area contributed by atoms with Crippen LogP contribution in [0, 0.1) is 5.92 Å². The molecule has 0 radical (unpaired) electrons. The van der Waals surface area contributed by atoms with Gasteiger partial charge in [-0.05, 0) is 45.3 Å². The van der Waals surface area contributed by atoms with Crippen LogP contribution in [0.5, 0.6) is 5.75 Å². The van der Waals surface area contributed by atoms with E-state index in [1.54, 1.807) is 11.0 Å². The summed E-state index contributed by atoms with van der Waals surface area (Å²) in [5.74, 6) is -0.155. The molecule has 8 nitrogen and oxygen atoms in total. The van der Waals surface area contributed by atoms with Crippen molar-refractivity contribution in [2.24, 2.45) is 5.92 Å². The molecule has 1 heterocycles. The topological polar surface area (TPSA) is 108 Å². The molecule has 0 saturated heterocycles. The molecular formula is C27H38N2O6. The minimum Gasteiger partial charge on any atom is -0.486 e. The van der Waals surface area contributed by atoms with Crippen LogP contribution in [-0.2, 0) is 14.3 Å². The number of aliphatic hydroxyl groups is 2. The molecule has 1 aliphatic heterocycles. The highest BCUT2D eigenvalue weighted by Crippen LogP contribution is 2.47. The molecule has 3 aliphatic rings. The number of hydrogen-bond donors (Lipinski definition) is 3. The molecule has 4 atom stereocenters. The Hall–Kier alpha value is -2.42. The Morgan fingerprint density at radius 1 is 1.23 bits per heavy atom. The molecule has 0 aromatic heterocycles. The van der Waals surface area contributed by atoms with Gasteiger partial charge in [0.15, 0.2) is 0 Å². The van der Waals surface area contributed by atoms with Crippen LogP contribution in [0.2, 0.25) is 0 Å². The molecule has 1 saturated carbocycles. The van der Waals surface area contributed by atoms with Gasteiger partial charge in [0, 0.05) is 36.8 Å². The number of rotatable bonds is 10. The summed E-state index contributed by atoms with van der Waals surface area (Å²) in [6.45, 7) is 4.84. The number of hydrogen-bond acceptors (Lipinski definition) is 6. The molecule has 1 aromatic carbocycles. The summed E-state index contributed by atoms with van der Waals surface area (Å²) in [6, 6.07) is 6.80. The minimum atomic E-state index is -0.988. The zero-order chi connectivity index (χ0) is 24.9. The second kappa shape index (κ2) is 11.5. The van der Waals surface area contributed by atoms with Crippen molar-refractivity contribution in [1.29, 1.82) is 0 Å². The van der Waals surface area contributed by atoms with Gasteiger partial charge >= 0.3 is 0 Å². The first-order valence-corrected chi connectivity index (χ1v) is 12.9. The molecular weight excluding hydrogens is 448 g/mol. The molecule has 2 aliphatic carbocycles. The molecule has 0 spiro atoms. The Labute approximate surface area is 207 Å². The van der Waals surface area contributed by atoms with Gasteiger partial charge < -0.3 is 29.9 Å². The van der Waals surface area contributed by atoms with Crippen LogP contribution in [0.15, 0.2) is 35.9 Å². The van der Waals surface area contributed by atoms with Crippen LogP contribution < -0.4 is 10.1 Å². The van der Waals surface area contributed by atoms with Crippen molar-refractivity contribution in [3.05, 3.63) is 41.5 Å². The highest BCUT2D eigenvalue weighted by atomic mass is 16.5. The maximum absolute atomic E-state index is 13.6. The number of carbonyl (C=O) groups is 2. The highest BCUT2D eigenvalue weighted by Gasteiger charge is 2.50. The Balaban J connectivity index is 1.66. The summed E-state index contributed by atoms with van der Waals surface area (Å²) in [5.41, 5.74) is 1.31. The maximum atomic E-state index is 13.6. The number of amides is 2. The van der Waals surface area contributed by atoms with Gasteiger partial charge in [0.05, 0.1) is 24.7 Å². The van der Waals surface area contributed by atoms with Crippen LogP contribution in [0.1, 0.15) is 57.4 Å². The third-order valence-electron chi connectivity index (χ3n) is 7.22. The largest absolute Gasteiger partial charge is 0.486 e. The molecule has 1 fully saturated rings. The Morgan fingerprint density at radius 3 is 2.69 bits per heavy atom. The van der Waals surface area contributed by atoms with E-state index in [0.717, 1.165) is 31.2 Å². The molecule has 2 amide bonds. The van der Waals surface area contributed by atoms with Crippen LogP contribution in [0.3, 0.4) is 0 Å². The lowest BCUT2D eigenvalue weighted by molar-refractivity contribution is -0.141. The molecule has 0 bridgehead atoms. The van der Waals surface area contributed by atoms with Crippen molar-refractivity contribution in [2.75, 3.05) is 26.3 Å². The van der Waals surface area contributed by atoms with Gasteiger partial charge in [0.1, 0.15) is 18.0 Å². The molecule has 0 unspecified atom stereocenters. The van der Waals surface area contributed by atoms with Crippen LogP contribution in [-0.4, -0.2) is 77.6 Å². The molecule has 3 N–H and O–H groups in total. The van der Waals surface area contributed by atoms with E-state index in [0.29, 0.717) is 30.9 Å². The normalized spacial score (nSPS) is 25.6. The number of nitrogens with zero attached hydrogens (tertiary/aromatic N) is 1. The average Bonchev–Trinajstić information content (AvgIpc) is 3.52. The number of aliphatic hydroxyl groups excluding tert-OH is 2. The van der Waals surface area contributed by atoms with Gasteiger partial charge in [-0.3, -0.25) is 9.59 Å². The summed E-state index contributed by atoms with van der Waals surface area (Å²) in [7, 11) is 0. The van der Waals surface area contributed by atoms with E-state index >= 15 is 0 Å². The zero-order valence-electron chi connectivity index (χ0n) is 20.7. The average molecular weight is 487 g/mol. The number of carbonyl (C=O) groups excluding carboxylic acids is 2. The summed E-state index contributed by atoms with van der Waals surface area (Å²) < 4.78 is 11.9. The van der Waals surface area contributed by atoms with E-state index in [2.05, 4.69) is 5.32 Å². The lowest BCUT2D eigenvalue weighted by Gasteiger charge is -2.41. The maximum Gasteiger partial charge on any atom is 0.247 e. The monoisotopic (exact) mass is 486 g/mol. The van der Waals surface area contributed by atoms with Gasteiger partial charge in [-0.1, -0.05) is 31.0 Å². The van der Waals surface area contributed by atoms with Gasteiger partial charge in [0.2, 0.25) is 11.8 Å². The van der Waals surface area contributed by atoms with Crippen molar-refractivity contribution in [2.45, 2.75) is 76.2 Å². The smallest absolute Gasteiger partial charge is 0.247 e. The summed E-state index contributed by atoms with van der Waals surface area (Å²) in [6.07, 6.45) is 4.58. The SMILES string of the molecule is CC(C)OCCCN(C(=O)C1CCCC1)[C@@H]1C=C(C(=O)NCCO)[C@@H]2c3ccccc3O[C@@H]2[C@H]1O. The first-order chi connectivity index (χ1) is 16.9. The Morgan fingerprint density at radius 2 is 1.97 bits per heavy atom. The summed E-state index contributed by atoms with van der Waals surface area (Å²) in [5, 5.41) is 23.5. The van der Waals surface area contributed by atoms with Crippen LogP contribution in [0.25, 0.3) is 0 Å². The van der Waals surface area contributed by atoms with Gasteiger partial charge in [-0.2, -0.15) is 0 Å².